The molecule has 2 heteroatoms. The Morgan fingerprint density at radius 1 is 1.00 bits per heavy atom. The number of likely N-dealkylation sites (N-methyl/N-ethyl adjacent to an activating group) is 1. The molecule has 0 aliphatic rings. The van der Waals surface area contributed by atoms with Crippen molar-refractivity contribution in [3.8, 4) is 5.75 Å². The number of aryl methyl sites for hydroxylation is 3. The minimum Gasteiger partial charge on any atom is -0.491 e. The van der Waals surface area contributed by atoms with Gasteiger partial charge >= 0.3 is 0 Å². The maximum absolute atomic E-state index is 6.04. The van der Waals surface area contributed by atoms with Crippen LogP contribution in [0, 0.1) is 20.8 Å². The third-order valence-corrected chi connectivity index (χ3v) is 3.76. The molecular weight excluding hydrogens is 258 g/mol. The quantitative estimate of drug-likeness (QED) is 0.851. The third kappa shape index (κ3) is 4.08. The van der Waals surface area contributed by atoms with Gasteiger partial charge in [-0.3, -0.25) is 0 Å². The molecule has 0 amide bonds. The molecular formula is C19H25NO. The summed E-state index contributed by atoms with van der Waals surface area (Å²) in [7, 11) is 0. The largest absolute Gasteiger partial charge is 0.491 e. The van der Waals surface area contributed by atoms with Crippen LogP contribution in [0.4, 0.5) is 0 Å². The van der Waals surface area contributed by atoms with Gasteiger partial charge in [0.25, 0.3) is 0 Å². The van der Waals surface area contributed by atoms with E-state index in [1.165, 1.54) is 22.3 Å². The van der Waals surface area contributed by atoms with Crippen molar-refractivity contribution in [2.75, 3.05) is 13.2 Å². The second-order valence-electron chi connectivity index (χ2n) is 5.55. The Balaban J connectivity index is 2.16. The predicted molar refractivity (Wildman–Crippen MR) is 89.0 cm³/mol. The van der Waals surface area contributed by atoms with E-state index in [0.717, 1.165) is 12.3 Å². The smallest absolute Gasteiger partial charge is 0.122 e. The van der Waals surface area contributed by atoms with Crippen LogP contribution < -0.4 is 10.1 Å². The van der Waals surface area contributed by atoms with Gasteiger partial charge in [0.15, 0.2) is 0 Å². The summed E-state index contributed by atoms with van der Waals surface area (Å²) in [5.41, 5.74) is 5.09. The van der Waals surface area contributed by atoms with E-state index < -0.39 is 0 Å². The molecule has 1 atom stereocenters. The minimum absolute atomic E-state index is 0.217. The van der Waals surface area contributed by atoms with Gasteiger partial charge in [-0.05, 0) is 50.1 Å². The number of hydrogen-bond donors (Lipinski definition) is 1. The second kappa shape index (κ2) is 7.28. The SMILES string of the molecule is CCNC(COc1ccccc1C)c1cc(C)ccc1C. The van der Waals surface area contributed by atoms with Gasteiger partial charge < -0.3 is 10.1 Å². The number of rotatable bonds is 6. The fourth-order valence-corrected chi connectivity index (χ4v) is 2.53. The van der Waals surface area contributed by atoms with Crippen LogP contribution in [0.25, 0.3) is 0 Å². The summed E-state index contributed by atoms with van der Waals surface area (Å²) in [6, 6.07) is 15.0. The molecule has 0 bridgehead atoms. The first-order chi connectivity index (χ1) is 10.1. The third-order valence-electron chi connectivity index (χ3n) is 3.76. The summed E-state index contributed by atoms with van der Waals surface area (Å²) in [6.45, 7) is 10.1. The monoisotopic (exact) mass is 283 g/mol. The Bertz CT molecular complexity index is 592. The molecule has 0 fully saturated rings. The molecule has 0 radical (unpaired) electrons. The molecule has 0 saturated heterocycles. The highest BCUT2D eigenvalue weighted by atomic mass is 16.5. The van der Waals surface area contributed by atoms with Crippen molar-refractivity contribution in [1.82, 2.24) is 5.32 Å². The molecule has 0 spiro atoms. The lowest BCUT2D eigenvalue weighted by Gasteiger charge is -2.22. The van der Waals surface area contributed by atoms with E-state index in [1.807, 2.05) is 18.2 Å². The normalized spacial score (nSPS) is 12.2. The lowest BCUT2D eigenvalue weighted by Crippen LogP contribution is -2.27. The van der Waals surface area contributed by atoms with Gasteiger partial charge in [-0.25, -0.2) is 0 Å². The molecule has 112 valence electrons. The minimum atomic E-state index is 0.217. The lowest BCUT2D eigenvalue weighted by molar-refractivity contribution is 0.266. The van der Waals surface area contributed by atoms with Gasteiger partial charge in [-0.15, -0.1) is 0 Å². The average molecular weight is 283 g/mol. The molecule has 0 saturated carbocycles. The van der Waals surface area contributed by atoms with Gasteiger partial charge in [0.05, 0.1) is 6.04 Å². The summed E-state index contributed by atoms with van der Waals surface area (Å²) in [6.07, 6.45) is 0. The number of ether oxygens (including phenoxy) is 1. The fourth-order valence-electron chi connectivity index (χ4n) is 2.53. The van der Waals surface area contributed by atoms with Gasteiger partial charge in [0.1, 0.15) is 12.4 Å². The zero-order chi connectivity index (χ0) is 15.2. The molecule has 21 heavy (non-hydrogen) atoms. The van der Waals surface area contributed by atoms with Gasteiger partial charge in [0.2, 0.25) is 0 Å². The highest BCUT2D eigenvalue weighted by molar-refractivity contribution is 5.34. The zero-order valence-electron chi connectivity index (χ0n) is 13.4. The molecule has 0 aromatic heterocycles. The molecule has 0 aliphatic carbocycles. The number of para-hydroxylation sites is 1. The Morgan fingerprint density at radius 2 is 1.76 bits per heavy atom. The standard InChI is InChI=1S/C19H25NO/c1-5-20-18(17-12-14(2)10-11-15(17)3)13-21-19-9-7-6-8-16(19)4/h6-12,18,20H,5,13H2,1-4H3. The summed E-state index contributed by atoms with van der Waals surface area (Å²) in [5, 5.41) is 3.53. The Labute approximate surface area is 128 Å². The topological polar surface area (TPSA) is 21.3 Å². The lowest BCUT2D eigenvalue weighted by atomic mass is 9.99. The number of nitrogens with one attached hydrogen (secondary N) is 1. The maximum Gasteiger partial charge on any atom is 0.122 e. The van der Waals surface area contributed by atoms with E-state index >= 15 is 0 Å². The van der Waals surface area contributed by atoms with Crippen molar-refractivity contribution >= 4 is 0 Å². The van der Waals surface area contributed by atoms with Crippen LogP contribution in [0.1, 0.15) is 35.2 Å². The zero-order valence-corrected chi connectivity index (χ0v) is 13.4. The molecule has 0 heterocycles. The Morgan fingerprint density at radius 3 is 2.48 bits per heavy atom. The molecule has 1 N–H and O–H groups in total. The van der Waals surface area contributed by atoms with Crippen molar-refractivity contribution in [1.29, 1.82) is 0 Å². The molecule has 0 aliphatic heterocycles. The van der Waals surface area contributed by atoms with E-state index in [2.05, 4.69) is 57.3 Å². The predicted octanol–water partition coefficient (Wildman–Crippen LogP) is 4.34. The average Bonchev–Trinajstić information content (AvgIpc) is 2.48. The van der Waals surface area contributed by atoms with E-state index in [1.54, 1.807) is 0 Å². The van der Waals surface area contributed by atoms with Crippen LogP contribution in [0.15, 0.2) is 42.5 Å². The van der Waals surface area contributed by atoms with Crippen LogP contribution in [-0.4, -0.2) is 13.2 Å². The highest BCUT2D eigenvalue weighted by Crippen LogP contribution is 2.22. The Kier molecular flexibility index (Phi) is 5.40. The summed E-state index contributed by atoms with van der Waals surface area (Å²) in [4.78, 5) is 0. The first kappa shape index (κ1) is 15.6. The second-order valence-corrected chi connectivity index (χ2v) is 5.55. The highest BCUT2D eigenvalue weighted by Gasteiger charge is 2.14. The van der Waals surface area contributed by atoms with E-state index in [4.69, 9.17) is 4.74 Å². The fraction of sp³-hybridized carbons (Fsp3) is 0.368. The summed E-state index contributed by atoms with van der Waals surface area (Å²) < 4.78 is 6.04. The van der Waals surface area contributed by atoms with Crippen molar-refractivity contribution < 1.29 is 4.74 Å². The van der Waals surface area contributed by atoms with Crippen LogP contribution in [0.2, 0.25) is 0 Å². The Hall–Kier alpha value is -1.80. The van der Waals surface area contributed by atoms with Gasteiger partial charge in [0, 0.05) is 0 Å². The van der Waals surface area contributed by atoms with Crippen molar-refractivity contribution in [2.45, 2.75) is 33.7 Å². The molecule has 2 aromatic carbocycles. The van der Waals surface area contributed by atoms with E-state index in [0.29, 0.717) is 6.61 Å². The van der Waals surface area contributed by atoms with Crippen LogP contribution in [0.3, 0.4) is 0 Å². The molecule has 2 nitrogen and oxygen atoms in total. The van der Waals surface area contributed by atoms with Crippen molar-refractivity contribution in [3.05, 3.63) is 64.7 Å². The van der Waals surface area contributed by atoms with Gasteiger partial charge in [-0.2, -0.15) is 0 Å². The first-order valence-electron chi connectivity index (χ1n) is 7.60. The summed E-state index contributed by atoms with van der Waals surface area (Å²) in [5.74, 6) is 0.964. The van der Waals surface area contributed by atoms with Crippen molar-refractivity contribution in [3.63, 3.8) is 0 Å². The van der Waals surface area contributed by atoms with Gasteiger partial charge in [-0.1, -0.05) is 48.9 Å². The molecule has 2 aromatic rings. The maximum atomic E-state index is 6.04. The number of benzene rings is 2. The van der Waals surface area contributed by atoms with Crippen LogP contribution in [-0.2, 0) is 0 Å². The van der Waals surface area contributed by atoms with E-state index in [9.17, 15) is 0 Å². The first-order valence-corrected chi connectivity index (χ1v) is 7.60. The summed E-state index contributed by atoms with van der Waals surface area (Å²) >= 11 is 0. The number of hydrogen-bond acceptors (Lipinski definition) is 2. The molecule has 2 rings (SSSR count). The van der Waals surface area contributed by atoms with Crippen molar-refractivity contribution in [2.24, 2.45) is 0 Å². The molecule has 1 unspecified atom stereocenters. The van der Waals surface area contributed by atoms with E-state index in [-0.39, 0.29) is 6.04 Å². The van der Waals surface area contributed by atoms with Crippen LogP contribution >= 0.6 is 0 Å². The van der Waals surface area contributed by atoms with Crippen LogP contribution in [0.5, 0.6) is 5.75 Å².